The smallest absolute Gasteiger partial charge is 0.350 e. The molecule has 4 rings (SSSR count). The van der Waals surface area contributed by atoms with E-state index >= 15 is 0 Å². The van der Waals surface area contributed by atoms with Gasteiger partial charge in [0.25, 0.3) is 0 Å². The van der Waals surface area contributed by atoms with Crippen LogP contribution in [-0.2, 0) is 0 Å². The van der Waals surface area contributed by atoms with E-state index in [1.807, 2.05) is 18.2 Å². The topological polar surface area (TPSA) is 42.8 Å². The van der Waals surface area contributed by atoms with Gasteiger partial charge in [0.1, 0.15) is 11.5 Å². The van der Waals surface area contributed by atoms with Gasteiger partial charge in [-0.05, 0) is 28.6 Å². The van der Waals surface area contributed by atoms with Crippen molar-refractivity contribution in [3.8, 4) is 17.1 Å². The van der Waals surface area contributed by atoms with E-state index in [1.165, 1.54) is 22.3 Å². The quantitative estimate of drug-likeness (QED) is 0.550. The number of benzene rings is 3. The summed E-state index contributed by atoms with van der Waals surface area (Å²) >= 11 is 1.46. The van der Waals surface area contributed by atoms with Crippen molar-refractivity contribution in [1.82, 2.24) is 4.98 Å². The molecule has 1 aromatic heterocycles. The fourth-order valence-electron chi connectivity index (χ4n) is 2.62. The van der Waals surface area contributed by atoms with Crippen molar-refractivity contribution in [3.63, 3.8) is 0 Å². The van der Waals surface area contributed by atoms with Crippen LogP contribution in [0.15, 0.2) is 72.8 Å². The molecule has 0 saturated carbocycles. The lowest BCUT2D eigenvalue weighted by molar-refractivity contribution is -0.508. The van der Waals surface area contributed by atoms with Crippen LogP contribution in [-0.4, -0.2) is 4.98 Å². The van der Waals surface area contributed by atoms with Gasteiger partial charge in [0, 0.05) is 5.39 Å². The average molecular weight is 340 g/mol. The fraction of sp³-hybridized carbons (Fsp3) is 0. The Bertz CT molecular complexity index is 946. The minimum Gasteiger partial charge on any atom is -1.00 e. The monoisotopic (exact) mass is 339 g/mol. The number of hydrogen-bond acceptors (Lipinski definition) is 3. The van der Waals surface area contributed by atoms with Gasteiger partial charge in [-0.2, -0.15) is 0 Å². The third-order valence-corrected chi connectivity index (χ3v) is 4.44. The Labute approximate surface area is 144 Å². The molecule has 0 atom stereocenters. The molecule has 3 aromatic carbocycles. The molecule has 4 aromatic rings. The SMILES string of the molecule is Nc1nc(-c2ccccc2)[n+](-c2cccc3ccccc23)s1.[Cl-]. The first-order valence-corrected chi connectivity index (χ1v) is 7.83. The Balaban J connectivity index is 0.00000156. The molecule has 0 fully saturated rings. The Morgan fingerprint density at radius 3 is 2.35 bits per heavy atom. The van der Waals surface area contributed by atoms with Crippen LogP contribution in [0.25, 0.3) is 27.8 Å². The zero-order valence-electron chi connectivity index (χ0n) is 12.2. The van der Waals surface area contributed by atoms with Crippen LogP contribution >= 0.6 is 11.5 Å². The number of fused-ring (bicyclic) bond motifs is 1. The van der Waals surface area contributed by atoms with Gasteiger partial charge in [0.2, 0.25) is 0 Å². The highest BCUT2D eigenvalue weighted by atomic mass is 35.5. The maximum absolute atomic E-state index is 5.98. The van der Waals surface area contributed by atoms with Crippen LogP contribution in [0.5, 0.6) is 0 Å². The van der Waals surface area contributed by atoms with Gasteiger partial charge in [-0.1, -0.05) is 54.6 Å². The molecule has 0 unspecified atom stereocenters. The van der Waals surface area contributed by atoms with E-state index in [0.29, 0.717) is 5.13 Å². The number of nitrogens with two attached hydrogens (primary N) is 1. The van der Waals surface area contributed by atoms with E-state index in [-0.39, 0.29) is 12.4 Å². The van der Waals surface area contributed by atoms with E-state index in [9.17, 15) is 0 Å². The second-order valence-electron chi connectivity index (χ2n) is 5.02. The van der Waals surface area contributed by atoms with Gasteiger partial charge in [0.05, 0.1) is 5.56 Å². The van der Waals surface area contributed by atoms with E-state index in [0.717, 1.165) is 17.1 Å². The molecule has 0 aliphatic rings. The highest BCUT2D eigenvalue weighted by Gasteiger charge is 2.23. The molecule has 23 heavy (non-hydrogen) atoms. The maximum atomic E-state index is 5.98. The number of hydrogen-bond donors (Lipinski definition) is 1. The molecule has 0 radical (unpaired) electrons. The van der Waals surface area contributed by atoms with Gasteiger partial charge in [-0.15, -0.1) is 3.96 Å². The van der Waals surface area contributed by atoms with Gasteiger partial charge in [-0.25, -0.2) is 0 Å². The first-order chi connectivity index (χ1) is 10.8. The Hall–Kier alpha value is -2.43. The van der Waals surface area contributed by atoms with Gasteiger partial charge in [0.15, 0.2) is 5.69 Å². The lowest BCUT2D eigenvalue weighted by Gasteiger charge is -2.03. The summed E-state index contributed by atoms with van der Waals surface area (Å²) in [6.45, 7) is 0. The van der Waals surface area contributed by atoms with Crippen molar-refractivity contribution >= 4 is 27.4 Å². The van der Waals surface area contributed by atoms with Crippen LogP contribution < -0.4 is 22.1 Å². The zero-order valence-corrected chi connectivity index (χ0v) is 13.8. The van der Waals surface area contributed by atoms with Crippen LogP contribution in [0.3, 0.4) is 0 Å². The van der Waals surface area contributed by atoms with E-state index in [1.54, 1.807) is 0 Å². The van der Waals surface area contributed by atoms with Crippen LogP contribution in [0.1, 0.15) is 0 Å². The third kappa shape index (κ3) is 2.79. The molecule has 0 amide bonds. The summed E-state index contributed by atoms with van der Waals surface area (Å²) in [5.41, 5.74) is 8.15. The largest absolute Gasteiger partial charge is 1.00 e. The molecule has 0 aliphatic heterocycles. The fourth-order valence-corrected chi connectivity index (χ4v) is 3.43. The molecule has 1 heterocycles. The number of aromatic nitrogens is 2. The molecular weight excluding hydrogens is 326 g/mol. The predicted octanol–water partition coefficient (Wildman–Crippen LogP) is 0.826. The Kier molecular flexibility index (Phi) is 4.28. The normalized spacial score (nSPS) is 10.4. The number of anilines is 1. The van der Waals surface area contributed by atoms with Crippen molar-refractivity contribution in [1.29, 1.82) is 0 Å². The van der Waals surface area contributed by atoms with Crippen LogP contribution in [0.4, 0.5) is 5.13 Å². The number of halogens is 1. The van der Waals surface area contributed by atoms with E-state index in [4.69, 9.17) is 5.73 Å². The summed E-state index contributed by atoms with van der Waals surface area (Å²) in [5.74, 6) is 0.874. The average Bonchev–Trinajstić information content (AvgIpc) is 2.97. The van der Waals surface area contributed by atoms with Gasteiger partial charge < -0.3 is 18.1 Å². The second-order valence-corrected chi connectivity index (χ2v) is 5.99. The lowest BCUT2D eigenvalue weighted by Crippen LogP contribution is -3.00. The summed E-state index contributed by atoms with van der Waals surface area (Å²) in [5, 5.41) is 2.96. The summed E-state index contributed by atoms with van der Waals surface area (Å²) in [7, 11) is 0. The second kappa shape index (κ2) is 6.36. The molecule has 0 spiro atoms. The van der Waals surface area contributed by atoms with Crippen LogP contribution in [0, 0.1) is 0 Å². The first kappa shape index (κ1) is 15.5. The number of nitrogen functional groups attached to an aromatic ring is 1. The third-order valence-electron chi connectivity index (χ3n) is 3.61. The molecule has 3 nitrogen and oxygen atoms in total. The number of nitrogens with zero attached hydrogens (tertiary/aromatic N) is 2. The minimum atomic E-state index is 0. The zero-order chi connectivity index (χ0) is 14.9. The molecule has 114 valence electrons. The standard InChI is InChI=1S/C18H13N3S.ClH/c19-18-20-17(14-8-2-1-3-9-14)21(22-18)16-12-6-10-13-7-4-5-11-15(13)16;/h1-12,19H;1H. The highest BCUT2D eigenvalue weighted by Crippen LogP contribution is 2.24. The Morgan fingerprint density at radius 1 is 0.826 bits per heavy atom. The summed E-state index contributed by atoms with van der Waals surface area (Å²) in [6.07, 6.45) is 0. The first-order valence-electron chi connectivity index (χ1n) is 7.05. The van der Waals surface area contributed by atoms with Crippen molar-refractivity contribution in [2.45, 2.75) is 0 Å². The van der Waals surface area contributed by atoms with Crippen molar-refractivity contribution in [2.75, 3.05) is 5.73 Å². The molecular formula is C18H14ClN3S. The maximum Gasteiger partial charge on any atom is 0.350 e. The number of rotatable bonds is 2. The molecule has 0 aliphatic carbocycles. The van der Waals surface area contributed by atoms with Crippen molar-refractivity contribution < 1.29 is 16.4 Å². The minimum absolute atomic E-state index is 0. The van der Waals surface area contributed by atoms with E-state index < -0.39 is 0 Å². The molecule has 0 saturated heterocycles. The summed E-state index contributed by atoms with van der Waals surface area (Å²) in [4.78, 5) is 4.52. The summed E-state index contributed by atoms with van der Waals surface area (Å²) in [6, 6.07) is 24.8. The molecule has 2 N–H and O–H groups in total. The van der Waals surface area contributed by atoms with E-state index in [2.05, 4.69) is 63.5 Å². The lowest BCUT2D eigenvalue weighted by atomic mass is 10.1. The Morgan fingerprint density at radius 2 is 1.52 bits per heavy atom. The highest BCUT2D eigenvalue weighted by molar-refractivity contribution is 7.05. The van der Waals surface area contributed by atoms with Crippen molar-refractivity contribution in [3.05, 3.63) is 72.8 Å². The molecule has 5 heteroatoms. The predicted molar refractivity (Wildman–Crippen MR) is 91.0 cm³/mol. The van der Waals surface area contributed by atoms with Gasteiger partial charge in [-0.3, -0.25) is 0 Å². The van der Waals surface area contributed by atoms with Gasteiger partial charge >= 0.3 is 11.0 Å². The molecule has 0 bridgehead atoms. The van der Waals surface area contributed by atoms with Crippen molar-refractivity contribution in [2.24, 2.45) is 0 Å². The van der Waals surface area contributed by atoms with Crippen LogP contribution in [0.2, 0.25) is 0 Å². The summed E-state index contributed by atoms with van der Waals surface area (Å²) < 4.78 is 2.10.